The zero-order valence-corrected chi connectivity index (χ0v) is 22.4. The van der Waals surface area contributed by atoms with E-state index in [-0.39, 0.29) is 21.7 Å². The van der Waals surface area contributed by atoms with Crippen molar-refractivity contribution in [2.75, 3.05) is 0 Å². The minimum absolute atomic E-state index is 0. The fraction of sp³-hybridized carbons (Fsp3) is 0.955. The summed E-state index contributed by atoms with van der Waals surface area (Å²) in [5.74, 6) is -0.675. The fourth-order valence-corrected chi connectivity index (χ4v) is 1.11. The van der Waals surface area contributed by atoms with Gasteiger partial charge in [-0.05, 0) is 18.3 Å². The number of rotatable bonds is 5. The van der Waals surface area contributed by atoms with Crippen LogP contribution in [0.1, 0.15) is 108 Å². The molecule has 0 aromatic heterocycles. The van der Waals surface area contributed by atoms with Gasteiger partial charge in [0.15, 0.2) is 0 Å². The molecule has 0 fully saturated rings. The molecule has 0 spiro atoms. The Labute approximate surface area is 196 Å². The number of hydrogen-bond donors (Lipinski definition) is 1. The Morgan fingerprint density at radius 2 is 0.931 bits per heavy atom. The summed E-state index contributed by atoms with van der Waals surface area (Å²) in [6.07, 6.45) is 2.86. The predicted molar refractivity (Wildman–Crippen MR) is 111 cm³/mol. The molecule has 176 valence electrons. The molecule has 0 bridgehead atoms. The standard InChI is InChI=1S/C10H20O2.4C3H7O.Ti/c1-10(2,3)8-6-4-5-7-9(11)12;4*1-3(2)4;/h4-8H2,1-3H3,(H,11,12);4*3H,1-2H3;/q;4*-1;+4. The smallest absolute Gasteiger partial charge is 0.852 e. The number of carboxylic acids is 1. The third kappa shape index (κ3) is 233. The molecule has 0 aliphatic carbocycles. The van der Waals surface area contributed by atoms with E-state index < -0.39 is 30.4 Å². The molecule has 6 nitrogen and oxygen atoms in total. The maximum Gasteiger partial charge on any atom is 4.00 e. The van der Waals surface area contributed by atoms with Crippen LogP contribution in [0.3, 0.4) is 0 Å². The van der Waals surface area contributed by atoms with Crippen LogP contribution in [0.25, 0.3) is 0 Å². The maximum atomic E-state index is 10.2. The molecule has 0 amide bonds. The SMILES string of the molecule is CC(C)(C)CCCCCC(=O)O.CC(C)[O-].CC(C)[O-].CC(C)[O-].CC(C)[O-].[Ti+4]. The first-order valence-corrected chi connectivity index (χ1v) is 10.2. The third-order valence-corrected chi connectivity index (χ3v) is 1.82. The van der Waals surface area contributed by atoms with E-state index in [0.717, 1.165) is 19.3 Å². The molecule has 0 rings (SSSR count). The predicted octanol–water partition coefficient (Wildman–Crippen LogP) is 2.09. The Balaban J connectivity index is -0.0000000648. The Morgan fingerprint density at radius 1 is 0.690 bits per heavy atom. The zero-order valence-electron chi connectivity index (χ0n) is 20.8. The Kier molecular flexibility index (Phi) is 44.8. The van der Waals surface area contributed by atoms with Crippen LogP contribution in [0.5, 0.6) is 0 Å². The van der Waals surface area contributed by atoms with Crippen molar-refractivity contribution in [3.8, 4) is 0 Å². The van der Waals surface area contributed by atoms with Crippen LogP contribution in [0.15, 0.2) is 0 Å². The van der Waals surface area contributed by atoms with Crippen LogP contribution in [0, 0.1) is 5.41 Å². The first-order valence-electron chi connectivity index (χ1n) is 10.2. The molecule has 0 aromatic rings. The van der Waals surface area contributed by atoms with E-state index in [1.807, 2.05) is 0 Å². The van der Waals surface area contributed by atoms with Gasteiger partial charge < -0.3 is 25.5 Å². The Hall–Kier alpha value is 0.0243. The molecule has 0 unspecified atom stereocenters. The van der Waals surface area contributed by atoms with Gasteiger partial charge in [-0.1, -0.05) is 89.0 Å². The molecule has 0 aliphatic heterocycles. The molecule has 7 heteroatoms. The van der Waals surface area contributed by atoms with Crippen molar-refractivity contribution in [3.63, 3.8) is 0 Å². The Bertz CT molecular complexity index is 252. The van der Waals surface area contributed by atoms with E-state index in [2.05, 4.69) is 20.8 Å². The summed E-state index contributed by atoms with van der Waals surface area (Å²) >= 11 is 0. The number of unbranched alkanes of at least 4 members (excludes halogenated alkanes) is 2. The van der Waals surface area contributed by atoms with Gasteiger partial charge in [-0.3, -0.25) is 4.79 Å². The molecule has 0 heterocycles. The van der Waals surface area contributed by atoms with Crippen molar-refractivity contribution in [1.29, 1.82) is 0 Å². The van der Waals surface area contributed by atoms with Gasteiger partial charge in [-0.2, -0.15) is 0 Å². The molecule has 0 saturated heterocycles. The number of hydrogen-bond acceptors (Lipinski definition) is 5. The molecule has 0 atom stereocenters. The fourth-order valence-electron chi connectivity index (χ4n) is 1.11. The minimum Gasteiger partial charge on any atom is -0.852 e. The number of aliphatic carboxylic acids is 1. The van der Waals surface area contributed by atoms with E-state index in [1.54, 1.807) is 55.4 Å². The monoisotopic (exact) mass is 456 g/mol. The van der Waals surface area contributed by atoms with Gasteiger partial charge >= 0.3 is 27.7 Å². The van der Waals surface area contributed by atoms with Crippen LogP contribution in [0.2, 0.25) is 0 Å². The summed E-state index contributed by atoms with van der Waals surface area (Å²) in [6.45, 7) is 19.5. The van der Waals surface area contributed by atoms with Crippen LogP contribution < -0.4 is 20.4 Å². The second-order valence-corrected chi connectivity index (χ2v) is 8.71. The normalized spacial score (nSPS) is 9.76. The van der Waals surface area contributed by atoms with Crippen LogP contribution >= 0.6 is 0 Å². The van der Waals surface area contributed by atoms with Gasteiger partial charge in [-0.25, -0.2) is 0 Å². The largest absolute Gasteiger partial charge is 4.00 e. The maximum absolute atomic E-state index is 10.2. The second kappa shape index (κ2) is 30.2. The molecule has 0 radical (unpaired) electrons. The zero-order chi connectivity index (χ0) is 23.9. The molecule has 0 aromatic carbocycles. The summed E-state index contributed by atoms with van der Waals surface area (Å²) in [7, 11) is 0. The summed E-state index contributed by atoms with van der Waals surface area (Å²) in [5, 5.41) is 46.5. The van der Waals surface area contributed by atoms with Crippen molar-refractivity contribution >= 4 is 5.97 Å². The first-order chi connectivity index (χ1) is 12.3. The van der Waals surface area contributed by atoms with E-state index in [0.29, 0.717) is 11.8 Å². The topological polar surface area (TPSA) is 130 Å². The van der Waals surface area contributed by atoms with Crippen molar-refractivity contribution in [1.82, 2.24) is 0 Å². The second-order valence-electron chi connectivity index (χ2n) is 8.71. The van der Waals surface area contributed by atoms with Crippen molar-refractivity contribution in [2.45, 2.75) is 133 Å². The van der Waals surface area contributed by atoms with Crippen molar-refractivity contribution < 1.29 is 52.0 Å². The van der Waals surface area contributed by atoms with Crippen LogP contribution in [-0.2, 0) is 26.5 Å². The minimum atomic E-state index is -0.675. The van der Waals surface area contributed by atoms with E-state index in [9.17, 15) is 25.2 Å². The van der Waals surface area contributed by atoms with Gasteiger partial charge in [-0.15, -0.1) is 24.4 Å². The molecule has 0 aliphatic rings. The van der Waals surface area contributed by atoms with Crippen LogP contribution in [0.4, 0.5) is 0 Å². The van der Waals surface area contributed by atoms with Gasteiger partial charge in [0.25, 0.3) is 0 Å². The van der Waals surface area contributed by atoms with Crippen LogP contribution in [-0.4, -0.2) is 35.5 Å². The van der Waals surface area contributed by atoms with E-state index in [4.69, 9.17) is 5.11 Å². The molecule has 29 heavy (non-hydrogen) atoms. The summed E-state index contributed by atoms with van der Waals surface area (Å²) in [5.41, 5.74) is 0.392. The van der Waals surface area contributed by atoms with E-state index >= 15 is 0 Å². The first kappa shape index (κ1) is 43.0. The summed E-state index contributed by atoms with van der Waals surface area (Å²) in [6, 6.07) is 0. The van der Waals surface area contributed by atoms with Gasteiger partial charge in [0.1, 0.15) is 0 Å². The van der Waals surface area contributed by atoms with Gasteiger partial charge in [0.2, 0.25) is 0 Å². The molecular weight excluding hydrogens is 408 g/mol. The average Bonchev–Trinajstić information content (AvgIpc) is 2.33. The molecular formula is C22H48O6Ti. The summed E-state index contributed by atoms with van der Waals surface area (Å²) in [4.78, 5) is 10.2. The average molecular weight is 456 g/mol. The van der Waals surface area contributed by atoms with Gasteiger partial charge in [0.05, 0.1) is 0 Å². The van der Waals surface area contributed by atoms with Crippen molar-refractivity contribution in [2.24, 2.45) is 5.41 Å². The Morgan fingerprint density at radius 3 is 1.10 bits per heavy atom. The number of carbonyl (C=O) groups is 1. The summed E-state index contributed by atoms with van der Waals surface area (Å²) < 4.78 is 0. The van der Waals surface area contributed by atoms with Crippen molar-refractivity contribution in [3.05, 3.63) is 0 Å². The quantitative estimate of drug-likeness (QED) is 0.498. The number of carboxylic acid groups (broad SMARTS) is 1. The van der Waals surface area contributed by atoms with Gasteiger partial charge in [0, 0.05) is 6.42 Å². The van der Waals surface area contributed by atoms with E-state index in [1.165, 1.54) is 6.42 Å². The molecule has 1 N–H and O–H groups in total. The molecule has 0 saturated carbocycles. The third-order valence-electron chi connectivity index (χ3n) is 1.82.